The topological polar surface area (TPSA) is 88.0 Å². The molecule has 4 heterocycles. The normalized spacial score (nSPS) is 16.4. The lowest BCUT2D eigenvalue weighted by Gasteiger charge is -2.29. The number of pyridine rings is 2. The van der Waals surface area contributed by atoms with Crippen LogP contribution < -0.4 is 21.1 Å². The molecule has 8 heteroatoms. The lowest BCUT2D eigenvalue weighted by Crippen LogP contribution is -2.43. The molecular weight excluding hydrogens is 462 g/mol. The number of hydrogen-bond donors (Lipinski definition) is 2. The van der Waals surface area contributed by atoms with E-state index in [0.717, 1.165) is 85.2 Å². The number of anilines is 3. The Hall–Kier alpha value is -3.78. The Morgan fingerprint density at radius 2 is 1.76 bits per heavy atom. The molecule has 0 spiro atoms. The van der Waals surface area contributed by atoms with E-state index in [9.17, 15) is 4.79 Å². The molecule has 0 amide bonds. The molecule has 0 bridgehead atoms. The average molecular weight is 496 g/mol. The summed E-state index contributed by atoms with van der Waals surface area (Å²) in [5.74, 6) is 1.13. The second-order valence-corrected chi connectivity index (χ2v) is 10.1. The molecule has 4 aromatic rings. The first kappa shape index (κ1) is 23.6. The molecule has 2 aliphatic rings. The summed E-state index contributed by atoms with van der Waals surface area (Å²) in [4.78, 5) is 30.5. The zero-order chi connectivity index (χ0) is 25.4. The third kappa shape index (κ3) is 4.46. The summed E-state index contributed by atoms with van der Waals surface area (Å²) >= 11 is 0. The molecule has 190 valence electrons. The van der Waals surface area contributed by atoms with Gasteiger partial charge >= 0.3 is 0 Å². The molecule has 1 aliphatic carbocycles. The highest BCUT2D eigenvalue weighted by Gasteiger charge is 2.25. The van der Waals surface area contributed by atoms with Gasteiger partial charge in [0.25, 0.3) is 5.56 Å². The van der Waals surface area contributed by atoms with Gasteiger partial charge in [0.05, 0.1) is 17.4 Å². The molecule has 0 unspecified atom stereocenters. The van der Waals surface area contributed by atoms with Gasteiger partial charge in [0, 0.05) is 43.8 Å². The van der Waals surface area contributed by atoms with Gasteiger partial charge in [0.2, 0.25) is 5.95 Å². The summed E-state index contributed by atoms with van der Waals surface area (Å²) in [6, 6.07) is 12.3. The van der Waals surface area contributed by atoms with E-state index in [0.29, 0.717) is 17.4 Å². The lowest BCUT2D eigenvalue weighted by atomic mass is 9.96. The Kier molecular flexibility index (Phi) is 6.34. The Morgan fingerprint density at radius 3 is 2.49 bits per heavy atom. The summed E-state index contributed by atoms with van der Waals surface area (Å²) in [7, 11) is 0. The highest BCUT2D eigenvalue weighted by Crippen LogP contribution is 2.34. The average Bonchev–Trinajstić information content (AvgIpc) is 3.45. The fourth-order valence-electron chi connectivity index (χ4n) is 5.75. The van der Waals surface area contributed by atoms with Crippen LogP contribution in [-0.2, 0) is 0 Å². The number of aromatic nitrogens is 4. The minimum atomic E-state index is 0.0364. The molecule has 0 atom stereocenters. The number of benzene rings is 1. The minimum absolute atomic E-state index is 0.0364. The van der Waals surface area contributed by atoms with Crippen LogP contribution >= 0.6 is 0 Å². The molecular formula is C29H33N7O. The zero-order valence-electron chi connectivity index (χ0n) is 21.5. The fourth-order valence-corrected chi connectivity index (χ4v) is 5.75. The Labute approximate surface area is 216 Å². The van der Waals surface area contributed by atoms with Crippen molar-refractivity contribution in [1.29, 1.82) is 0 Å². The van der Waals surface area contributed by atoms with Crippen LogP contribution in [0.5, 0.6) is 0 Å². The maximum Gasteiger partial charge on any atom is 0.260 e. The van der Waals surface area contributed by atoms with Crippen molar-refractivity contribution in [2.24, 2.45) is 0 Å². The van der Waals surface area contributed by atoms with Crippen molar-refractivity contribution in [1.82, 2.24) is 24.8 Å². The van der Waals surface area contributed by atoms with E-state index in [2.05, 4.69) is 44.6 Å². The van der Waals surface area contributed by atoms with Crippen molar-refractivity contribution in [2.75, 3.05) is 36.4 Å². The van der Waals surface area contributed by atoms with Gasteiger partial charge in [-0.3, -0.25) is 9.36 Å². The predicted molar refractivity (Wildman–Crippen MR) is 149 cm³/mol. The lowest BCUT2D eigenvalue weighted by molar-refractivity contribution is 0.516. The standard InChI is InChI=1S/C29H33N7O/c1-19-7-3-6-10-23(19)26-20(2)24-18-32-29(34-27(24)36(28(26)37)21-8-4-5-9-21)33-25-12-11-22(17-31-25)35-15-13-30-14-16-35/h3,6-7,10-12,17-18,21,30H,4-5,8-9,13-16H2,1-2H3,(H,31,32,33,34). The van der Waals surface area contributed by atoms with Gasteiger partial charge in [-0.25, -0.2) is 9.97 Å². The third-order valence-electron chi connectivity index (χ3n) is 7.78. The number of rotatable bonds is 5. The predicted octanol–water partition coefficient (Wildman–Crippen LogP) is 4.74. The number of nitrogens with one attached hydrogen (secondary N) is 2. The van der Waals surface area contributed by atoms with E-state index >= 15 is 0 Å². The van der Waals surface area contributed by atoms with E-state index in [1.807, 2.05) is 48.1 Å². The molecule has 0 radical (unpaired) electrons. The van der Waals surface area contributed by atoms with Crippen molar-refractivity contribution in [3.63, 3.8) is 0 Å². The third-order valence-corrected chi connectivity index (χ3v) is 7.78. The van der Waals surface area contributed by atoms with Crippen LogP contribution in [0, 0.1) is 13.8 Å². The highest BCUT2D eigenvalue weighted by molar-refractivity contribution is 5.87. The minimum Gasteiger partial charge on any atom is -0.368 e. The van der Waals surface area contributed by atoms with Gasteiger partial charge in [-0.05, 0) is 55.5 Å². The second kappa shape index (κ2) is 9.94. The molecule has 1 aromatic carbocycles. The van der Waals surface area contributed by atoms with E-state index in [1.165, 1.54) is 0 Å². The van der Waals surface area contributed by atoms with Crippen LogP contribution in [-0.4, -0.2) is 45.7 Å². The quantitative estimate of drug-likeness (QED) is 0.414. The summed E-state index contributed by atoms with van der Waals surface area (Å²) in [5.41, 5.74) is 5.60. The number of aryl methyl sites for hydroxylation is 2. The first-order valence-electron chi connectivity index (χ1n) is 13.3. The SMILES string of the molecule is Cc1ccccc1-c1c(C)c2cnc(Nc3ccc(N4CCNCC4)cn3)nc2n(C2CCCC2)c1=O. The van der Waals surface area contributed by atoms with E-state index < -0.39 is 0 Å². The molecule has 1 saturated carbocycles. The first-order chi connectivity index (χ1) is 18.1. The summed E-state index contributed by atoms with van der Waals surface area (Å²) in [6.07, 6.45) is 7.99. The largest absolute Gasteiger partial charge is 0.368 e. The van der Waals surface area contributed by atoms with Crippen molar-refractivity contribution < 1.29 is 0 Å². The second-order valence-electron chi connectivity index (χ2n) is 10.1. The van der Waals surface area contributed by atoms with Gasteiger partial charge < -0.3 is 15.5 Å². The Bertz CT molecular complexity index is 1480. The van der Waals surface area contributed by atoms with Crippen molar-refractivity contribution >= 4 is 28.5 Å². The molecule has 6 rings (SSSR count). The van der Waals surface area contributed by atoms with E-state index in [1.54, 1.807) is 0 Å². The monoisotopic (exact) mass is 495 g/mol. The molecule has 2 fully saturated rings. The Balaban J connectivity index is 1.41. The van der Waals surface area contributed by atoms with Crippen molar-refractivity contribution in [3.8, 4) is 11.1 Å². The summed E-state index contributed by atoms with van der Waals surface area (Å²) in [5, 5.41) is 7.55. The van der Waals surface area contributed by atoms with Crippen LogP contribution in [0.15, 0.2) is 53.6 Å². The molecule has 3 aromatic heterocycles. The van der Waals surface area contributed by atoms with Gasteiger partial charge in [0.1, 0.15) is 11.5 Å². The molecule has 1 aliphatic heterocycles. The number of fused-ring (bicyclic) bond motifs is 1. The number of piperazine rings is 1. The Morgan fingerprint density at radius 1 is 0.973 bits per heavy atom. The molecule has 2 N–H and O–H groups in total. The van der Waals surface area contributed by atoms with E-state index in [-0.39, 0.29) is 11.6 Å². The highest BCUT2D eigenvalue weighted by atomic mass is 16.1. The fraction of sp³-hybridized carbons (Fsp3) is 0.379. The number of hydrogen-bond acceptors (Lipinski definition) is 7. The van der Waals surface area contributed by atoms with Gasteiger partial charge in [0.15, 0.2) is 0 Å². The van der Waals surface area contributed by atoms with Crippen LogP contribution in [0.25, 0.3) is 22.2 Å². The van der Waals surface area contributed by atoms with Crippen LogP contribution in [0.4, 0.5) is 17.5 Å². The smallest absolute Gasteiger partial charge is 0.260 e. The molecule has 1 saturated heterocycles. The maximum absolute atomic E-state index is 14.1. The van der Waals surface area contributed by atoms with Gasteiger partial charge in [-0.1, -0.05) is 37.1 Å². The zero-order valence-corrected chi connectivity index (χ0v) is 21.5. The van der Waals surface area contributed by atoms with Crippen LogP contribution in [0.3, 0.4) is 0 Å². The first-order valence-corrected chi connectivity index (χ1v) is 13.3. The number of nitrogens with zero attached hydrogens (tertiary/aromatic N) is 5. The van der Waals surface area contributed by atoms with Gasteiger partial charge in [-0.15, -0.1) is 0 Å². The summed E-state index contributed by atoms with van der Waals surface area (Å²) in [6.45, 7) is 7.99. The summed E-state index contributed by atoms with van der Waals surface area (Å²) < 4.78 is 1.94. The van der Waals surface area contributed by atoms with Crippen molar-refractivity contribution in [3.05, 3.63) is 70.3 Å². The maximum atomic E-state index is 14.1. The van der Waals surface area contributed by atoms with Crippen LogP contribution in [0.1, 0.15) is 42.9 Å². The molecule has 37 heavy (non-hydrogen) atoms. The van der Waals surface area contributed by atoms with Crippen LogP contribution in [0.2, 0.25) is 0 Å². The van der Waals surface area contributed by atoms with Gasteiger partial charge in [-0.2, -0.15) is 4.98 Å². The van der Waals surface area contributed by atoms with E-state index in [4.69, 9.17) is 4.98 Å². The molecule has 8 nitrogen and oxygen atoms in total. The van der Waals surface area contributed by atoms with Crippen molar-refractivity contribution in [2.45, 2.75) is 45.6 Å².